The molecule has 0 saturated heterocycles. The monoisotopic (exact) mass is 402 g/mol. The molecule has 3 rings (SSSR count). The van der Waals surface area contributed by atoms with Crippen molar-refractivity contribution in [2.45, 2.75) is 46.2 Å². The Labute approximate surface area is 168 Å². The quantitative estimate of drug-likeness (QED) is 0.649. The fourth-order valence-electron chi connectivity index (χ4n) is 2.87. The number of hydrogen-bond donors (Lipinski definition) is 1. The van der Waals surface area contributed by atoms with Gasteiger partial charge in [0.1, 0.15) is 11.6 Å². The molecule has 0 unspecified atom stereocenters. The number of imidazole rings is 1. The molecule has 1 N–H and O–H groups in total. The van der Waals surface area contributed by atoms with Crippen LogP contribution in [-0.4, -0.2) is 26.5 Å². The van der Waals surface area contributed by atoms with Gasteiger partial charge in [0.25, 0.3) is 0 Å². The maximum absolute atomic E-state index is 13.9. The van der Waals surface area contributed by atoms with Crippen LogP contribution in [0.25, 0.3) is 11.3 Å². The van der Waals surface area contributed by atoms with Crippen LogP contribution in [0, 0.1) is 17.0 Å². The van der Waals surface area contributed by atoms with Gasteiger partial charge in [0.2, 0.25) is 5.91 Å². The van der Waals surface area contributed by atoms with E-state index in [1.165, 1.54) is 12.3 Å². The molecule has 3 aromatic rings. The molecule has 0 radical (unpaired) electrons. The fraction of sp³-hybridized carbons (Fsp3) is 0.381. The minimum Gasteiger partial charge on any atom is -0.441 e. The second kappa shape index (κ2) is 8.55. The van der Waals surface area contributed by atoms with E-state index >= 15 is 0 Å². The first-order valence-corrected chi connectivity index (χ1v) is 9.37. The molecular weight excluding hydrogens is 378 g/mol. The number of carbonyl (C=O) groups is 1. The van der Waals surface area contributed by atoms with Crippen molar-refractivity contribution in [3.63, 3.8) is 0 Å². The average Bonchev–Trinajstić information content (AvgIpc) is 3.30. The smallest absolute Gasteiger partial charge is 0.220 e. The standard InChI is InChI=1S/C21H24F2N4O2/c1-21(2,3)18(12-27-9-8-24-13-27)26-19(28)6-7-20-25-11-17(29-20)15-5-4-14(22)10-16(15)23/h4-5,8-11,13,18H,6-7,12H2,1-3H3,(H,26,28)/t18-/m0/s1. The first-order valence-electron chi connectivity index (χ1n) is 9.37. The van der Waals surface area contributed by atoms with E-state index in [4.69, 9.17) is 4.42 Å². The number of aryl methyl sites for hydroxylation is 1. The SMILES string of the molecule is CC(C)(C)[C@H](Cn1ccnc1)NC(=O)CCc1ncc(-c2ccc(F)cc2F)o1. The summed E-state index contributed by atoms with van der Waals surface area (Å²) in [6.45, 7) is 6.80. The van der Waals surface area contributed by atoms with Gasteiger partial charge >= 0.3 is 0 Å². The lowest BCUT2D eigenvalue weighted by Crippen LogP contribution is -2.46. The third-order valence-electron chi connectivity index (χ3n) is 4.65. The van der Waals surface area contributed by atoms with Crippen molar-refractivity contribution in [1.29, 1.82) is 0 Å². The maximum atomic E-state index is 13.9. The number of rotatable bonds is 7. The van der Waals surface area contributed by atoms with E-state index in [9.17, 15) is 13.6 Å². The van der Waals surface area contributed by atoms with Gasteiger partial charge in [0, 0.05) is 37.8 Å². The van der Waals surface area contributed by atoms with Gasteiger partial charge in [-0.2, -0.15) is 0 Å². The number of carbonyl (C=O) groups excluding carboxylic acids is 1. The van der Waals surface area contributed by atoms with Gasteiger partial charge in [-0.1, -0.05) is 20.8 Å². The molecule has 2 aromatic heterocycles. The number of amides is 1. The Morgan fingerprint density at radius 2 is 2.10 bits per heavy atom. The summed E-state index contributed by atoms with van der Waals surface area (Å²) in [4.78, 5) is 20.6. The molecule has 0 bridgehead atoms. The summed E-state index contributed by atoms with van der Waals surface area (Å²) in [7, 11) is 0. The van der Waals surface area contributed by atoms with Crippen LogP contribution in [0.2, 0.25) is 0 Å². The summed E-state index contributed by atoms with van der Waals surface area (Å²) >= 11 is 0. The summed E-state index contributed by atoms with van der Waals surface area (Å²) in [6.07, 6.45) is 7.10. The van der Waals surface area contributed by atoms with Gasteiger partial charge in [-0.3, -0.25) is 4.79 Å². The Kier molecular flexibility index (Phi) is 6.10. The highest BCUT2D eigenvalue weighted by atomic mass is 19.1. The normalized spacial score (nSPS) is 12.7. The van der Waals surface area contributed by atoms with Gasteiger partial charge in [-0.15, -0.1) is 0 Å². The summed E-state index contributed by atoms with van der Waals surface area (Å²) < 4.78 is 34.4. The van der Waals surface area contributed by atoms with Crippen molar-refractivity contribution in [1.82, 2.24) is 19.9 Å². The van der Waals surface area contributed by atoms with Crippen LogP contribution >= 0.6 is 0 Å². The third-order valence-corrected chi connectivity index (χ3v) is 4.65. The highest BCUT2D eigenvalue weighted by Gasteiger charge is 2.26. The molecule has 0 aliphatic carbocycles. The molecule has 1 atom stereocenters. The van der Waals surface area contributed by atoms with E-state index < -0.39 is 11.6 Å². The van der Waals surface area contributed by atoms with E-state index in [0.29, 0.717) is 12.4 Å². The van der Waals surface area contributed by atoms with Crippen molar-refractivity contribution < 1.29 is 18.0 Å². The molecule has 0 aliphatic rings. The second-order valence-electron chi connectivity index (χ2n) is 7.99. The van der Waals surface area contributed by atoms with Gasteiger partial charge in [-0.25, -0.2) is 18.7 Å². The van der Waals surface area contributed by atoms with E-state index in [-0.39, 0.29) is 41.5 Å². The number of halogens is 2. The molecule has 1 aromatic carbocycles. The number of nitrogens with one attached hydrogen (secondary N) is 1. The first kappa shape index (κ1) is 20.7. The predicted molar refractivity (Wildman–Crippen MR) is 104 cm³/mol. The van der Waals surface area contributed by atoms with Gasteiger partial charge in [0.15, 0.2) is 11.7 Å². The number of aromatic nitrogens is 3. The second-order valence-corrected chi connectivity index (χ2v) is 7.99. The number of hydrogen-bond acceptors (Lipinski definition) is 4. The van der Waals surface area contributed by atoms with Crippen LogP contribution in [0.4, 0.5) is 8.78 Å². The van der Waals surface area contributed by atoms with E-state index in [1.807, 2.05) is 10.8 Å². The number of nitrogens with zero attached hydrogens (tertiary/aromatic N) is 3. The van der Waals surface area contributed by atoms with Crippen molar-refractivity contribution in [2.24, 2.45) is 5.41 Å². The van der Waals surface area contributed by atoms with Gasteiger partial charge in [0.05, 0.1) is 24.1 Å². The van der Waals surface area contributed by atoms with Crippen LogP contribution in [-0.2, 0) is 17.8 Å². The van der Waals surface area contributed by atoms with Crippen LogP contribution in [0.3, 0.4) is 0 Å². The number of benzene rings is 1. The summed E-state index contributed by atoms with van der Waals surface area (Å²) in [5.41, 5.74) is -0.0152. The van der Waals surface area contributed by atoms with Crippen molar-refractivity contribution in [3.05, 3.63) is 60.6 Å². The lowest BCUT2D eigenvalue weighted by Gasteiger charge is -2.31. The van der Waals surface area contributed by atoms with Crippen molar-refractivity contribution in [3.8, 4) is 11.3 Å². The average molecular weight is 402 g/mol. The van der Waals surface area contributed by atoms with Gasteiger partial charge < -0.3 is 14.3 Å². The molecule has 154 valence electrons. The Morgan fingerprint density at radius 3 is 2.76 bits per heavy atom. The molecule has 2 heterocycles. The molecule has 0 aliphatic heterocycles. The van der Waals surface area contributed by atoms with Crippen molar-refractivity contribution >= 4 is 5.91 Å². The molecule has 8 heteroatoms. The van der Waals surface area contributed by atoms with Gasteiger partial charge in [-0.05, 0) is 17.5 Å². The lowest BCUT2D eigenvalue weighted by molar-refractivity contribution is -0.122. The fourth-order valence-corrected chi connectivity index (χ4v) is 2.87. The first-order chi connectivity index (χ1) is 13.7. The highest BCUT2D eigenvalue weighted by molar-refractivity contribution is 5.76. The number of oxazole rings is 1. The lowest BCUT2D eigenvalue weighted by atomic mass is 9.86. The minimum absolute atomic E-state index is 0.0855. The minimum atomic E-state index is -0.724. The molecule has 0 fully saturated rings. The summed E-state index contributed by atoms with van der Waals surface area (Å²) in [6, 6.07) is 3.16. The van der Waals surface area contributed by atoms with Crippen LogP contribution in [0.15, 0.2) is 47.5 Å². The Bertz CT molecular complexity index is 961. The largest absolute Gasteiger partial charge is 0.441 e. The summed E-state index contributed by atoms with van der Waals surface area (Å²) in [5.74, 6) is -0.992. The maximum Gasteiger partial charge on any atom is 0.220 e. The predicted octanol–water partition coefficient (Wildman–Crippen LogP) is 3.98. The zero-order chi connectivity index (χ0) is 21.0. The Balaban J connectivity index is 1.59. The molecule has 6 nitrogen and oxygen atoms in total. The molecule has 0 saturated carbocycles. The third kappa shape index (κ3) is 5.49. The molecule has 0 spiro atoms. The van der Waals surface area contributed by atoms with Crippen LogP contribution in [0.1, 0.15) is 33.1 Å². The molecular formula is C21H24F2N4O2. The van der Waals surface area contributed by atoms with E-state index in [0.717, 1.165) is 12.1 Å². The molecule has 1 amide bonds. The highest BCUT2D eigenvalue weighted by Crippen LogP contribution is 2.25. The van der Waals surface area contributed by atoms with Crippen molar-refractivity contribution in [2.75, 3.05) is 0 Å². The zero-order valence-corrected chi connectivity index (χ0v) is 16.7. The van der Waals surface area contributed by atoms with E-state index in [2.05, 4.69) is 36.1 Å². The Hall–Kier alpha value is -3.03. The van der Waals surface area contributed by atoms with Crippen LogP contribution < -0.4 is 5.32 Å². The van der Waals surface area contributed by atoms with E-state index in [1.54, 1.807) is 12.5 Å². The summed E-state index contributed by atoms with van der Waals surface area (Å²) in [5, 5.41) is 3.06. The Morgan fingerprint density at radius 1 is 1.31 bits per heavy atom. The molecule has 29 heavy (non-hydrogen) atoms. The zero-order valence-electron chi connectivity index (χ0n) is 16.7. The van der Waals surface area contributed by atoms with Crippen LogP contribution in [0.5, 0.6) is 0 Å². The topological polar surface area (TPSA) is 73.0 Å².